The molecule has 0 bridgehead atoms. The van der Waals surface area contributed by atoms with Crippen molar-refractivity contribution in [3.05, 3.63) is 34.9 Å². The smallest absolute Gasteiger partial charge is 0.222 e. The maximum absolute atomic E-state index is 12.3. The third kappa shape index (κ3) is 2.84. The van der Waals surface area contributed by atoms with Crippen molar-refractivity contribution in [1.29, 1.82) is 0 Å². The molecule has 20 heavy (non-hydrogen) atoms. The van der Waals surface area contributed by atoms with Crippen molar-refractivity contribution >= 4 is 17.5 Å². The minimum absolute atomic E-state index is 0.265. The Kier molecular flexibility index (Phi) is 3.99. The van der Waals surface area contributed by atoms with Gasteiger partial charge in [0, 0.05) is 30.6 Å². The zero-order valence-electron chi connectivity index (χ0n) is 11.6. The molecule has 4 heteroatoms. The number of amides is 1. The van der Waals surface area contributed by atoms with E-state index in [1.165, 1.54) is 12.0 Å². The molecule has 1 saturated heterocycles. The molecule has 2 fully saturated rings. The van der Waals surface area contributed by atoms with Crippen LogP contribution in [0.1, 0.15) is 24.8 Å². The van der Waals surface area contributed by atoms with Crippen LogP contribution >= 0.6 is 11.6 Å². The maximum Gasteiger partial charge on any atom is 0.222 e. The van der Waals surface area contributed by atoms with E-state index < -0.39 is 0 Å². The van der Waals surface area contributed by atoms with Crippen LogP contribution in [0.5, 0.6) is 0 Å². The van der Waals surface area contributed by atoms with Crippen molar-refractivity contribution < 1.29 is 4.79 Å². The summed E-state index contributed by atoms with van der Waals surface area (Å²) in [5.41, 5.74) is 7.28. The number of benzene rings is 1. The topological polar surface area (TPSA) is 46.3 Å². The second-order valence-corrected chi connectivity index (χ2v) is 6.53. The first-order chi connectivity index (χ1) is 9.63. The molecule has 0 radical (unpaired) electrons. The highest BCUT2D eigenvalue weighted by Gasteiger charge is 2.42. The summed E-state index contributed by atoms with van der Waals surface area (Å²) in [6.07, 6.45) is 3.68. The van der Waals surface area contributed by atoms with Gasteiger partial charge in [-0.05, 0) is 48.8 Å². The second kappa shape index (κ2) is 5.74. The number of hydrogen-bond donors (Lipinski definition) is 1. The molecule has 1 aliphatic carbocycles. The number of carbonyl (C=O) groups excluding carboxylic acids is 1. The molecule has 1 heterocycles. The molecule has 1 aromatic rings. The van der Waals surface area contributed by atoms with E-state index in [1.807, 2.05) is 29.2 Å². The molecule has 0 aromatic heterocycles. The summed E-state index contributed by atoms with van der Waals surface area (Å²) < 4.78 is 0. The highest BCUT2D eigenvalue weighted by molar-refractivity contribution is 6.30. The maximum atomic E-state index is 12.3. The third-order valence-corrected chi connectivity index (χ3v) is 5.06. The fourth-order valence-corrected chi connectivity index (χ4v) is 3.70. The number of nitrogens with two attached hydrogens (primary N) is 1. The summed E-state index contributed by atoms with van der Waals surface area (Å²) in [7, 11) is 0. The zero-order chi connectivity index (χ0) is 14.1. The Bertz CT molecular complexity index is 488. The largest absolute Gasteiger partial charge is 0.342 e. The highest BCUT2D eigenvalue weighted by Crippen LogP contribution is 2.37. The van der Waals surface area contributed by atoms with Gasteiger partial charge in [-0.15, -0.1) is 0 Å². The number of rotatable bonds is 3. The molecule has 3 atom stereocenters. The van der Waals surface area contributed by atoms with E-state index in [9.17, 15) is 4.79 Å². The molecule has 1 aromatic carbocycles. The van der Waals surface area contributed by atoms with E-state index in [4.69, 9.17) is 17.3 Å². The quantitative estimate of drug-likeness (QED) is 0.930. The predicted molar refractivity (Wildman–Crippen MR) is 80.5 cm³/mol. The SMILES string of the molecule is NC1CCC2CN(C(=O)CCc3ccc(Cl)cc3)CC12. The summed E-state index contributed by atoms with van der Waals surface area (Å²) >= 11 is 5.86. The van der Waals surface area contributed by atoms with Gasteiger partial charge in [0.2, 0.25) is 5.91 Å². The highest BCUT2D eigenvalue weighted by atomic mass is 35.5. The number of carbonyl (C=O) groups is 1. The lowest BCUT2D eigenvalue weighted by Gasteiger charge is -2.18. The molecule has 3 unspecified atom stereocenters. The molecule has 3 rings (SSSR count). The molecule has 108 valence electrons. The molecule has 3 nitrogen and oxygen atoms in total. The fourth-order valence-electron chi connectivity index (χ4n) is 3.57. The van der Waals surface area contributed by atoms with Crippen LogP contribution in [0.25, 0.3) is 0 Å². The van der Waals surface area contributed by atoms with Gasteiger partial charge >= 0.3 is 0 Å². The molecule has 0 spiro atoms. The van der Waals surface area contributed by atoms with Crippen LogP contribution in [0, 0.1) is 11.8 Å². The molecule has 1 amide bonds. The lowest BCUT2D eigenvalue weighted by molar-refractivity contribution is -0.130. The van der Waals surface area contributed by atoms with E-state index in [-0.39, 0.29) is 5.91 Å². The van der Waals surface area contributed by atoms with Gasteiger partial charge in [0.1, 0.15) is 0 Å². The molecular formula is C16H21ClN2O. The van der Waals surface area contributed by atoms with Crippen LogP contribution in [0.15, 0.2) is 24.3 Å². The van der Waals surface area contributed by atoms with E-state index in [1.54, 1.807) is 0 Å². The molecule has 1 saturated carbocycles. The number of halogens is 1. The Labute approximate surface area is 125 Å². The Balaban J connectivity index is 1.52. The van der Waals surface area contributed by atoms with Crippen LogP contribution < -0.4 is 5.73 Å². The van der Waals surface area contributed by atoms with Gasteiger partial charge < -0.3 is 10.6 Å². The van der Waals surface area contributed by atoms with Crippen LogP contribution in [0.3, 0.4) is 0 Å². The summed E-state index contributed by atoms with van der Waals surface area (Å²) in [5, 5.41) is 0.737. The monoisotopic (exact) mass is 292 g/mol. The van der Waals surface area contributed by atoms with Crippen LogP contribution in [-0.4, -0.2) is 29.9 Å². The van der Waals surface area contributed by atoms with Gasteiger partial charge in [0.25, 0.3) is 0 Å². The van der Waals surface area contributed by atoms with Crippen molar-refractivity contribution in [1.82, 2.24) is 4.90 Å². The minimum Gasteiger partial charge on any atom is -0.342 e. The van der Waals surface area contributed by atoms with Gasteiger partial charge in [0.05, 0.1) is 0 Å². The van der Waals surface area contributed by atoms with Crippen molar-refractivity contribution in [2.75, 3.05) is 13.1 Å². The lowest BCUT2D eigenvalue weighted by atomic mass is 9.98. The fraction of sp³-hybridized carbons (Fsp3) is 0.562. The summed E-state index contributed by atoms with van der Waals surface area (Å²) in [4.78, 5) is 14.3. The van der Waals surface area contributed by atoms with Gasteiger partial charge in [-0.2, -0.15) is 0 Å². The van der Waals surface area contributed by atoms with Crippen molar-refractivity contribution in [2.45, 2.75) is 31.7 Å². The number of likely N-dealkylation sites (tertiary alicyclic amines) is 1. The van der Waals surface area contributed by atoms with Crippen LogP contribution in [0.4, 0.5) is 0 Å². The molecular weight excluding hydrogens is 272 g/mol. The summed E-state index contributed by atoms with van der Waals surface area (Å²) in [5.74, 6) is 1.44. The average Bonchev–Trinajstić information content (AvgIpc) is 3.01. The van der Waals surface area contributed by atoms with Gasteiger partial charge in [-0.1, -0.05) is 23.7 Å². The van der Waals surface area contributed by atoms with Crippen LogP contribution in [0.2, 0.25) is 5.02 Å². The van der Waals surface area contributed by atoms with Crippen LogP contribution in [-0.2, 0) is 11.2 Å². The third-order valence-electron chi connectivity index (χ3n) is 4.81. The number of nitrogens with zero attached hydrogens (tertiary/aromatic N) is 1. The summed E-state index contributed by atoms with van der Waals surface area (Å²) in [6, 6.07) is 8.03. The standard InChI is InChI=1S/C16H21ClN2O/c17-13-5-1-11(2-6-13)3-8-16(20)19-9-12-4-7-15(18)14(12)10-19/h1-2,5-6,12,14-15H,3-4,7-10,18H2. The number of fused-ring (bicyclic) bond motifs is 1. The Morgan fingerprint density at radius 3 is 2.70 bits per heavy atom. The first kappa shape index (κ1) is 13.9. The van der Waals surface area contributed by atoms with Crippen molar-refractivity contribution in [2.24, 2.45) is 17.6 Å². The summed E-state index contributed by atoms with van der Waals surface area (Å²) in [6.45, 7) is 1.78. The first-order valence-electron chi connectivity index (χ1n) is 7.41. The number of aryl methyl sites for hydroxylation is 1. The predicted octanol–water partition coefficient (Wildman–Crippen LogP) is 2.47. The minimum atomic E-state index is 0.265. The van der Waals surface area contributed by atoms with E-state index in [0.717, 1.165) is 31.0 Å². The van der Waals surface area contributed by atoms with E-state index >= 15 is 0 Å². The van der Waals surface area contributed by atoms with E-state index in [2.05, 4.69) is 0 Å². The van der Waals surface area contributed by atoms with Gasteiger partial charge in [-0.25, -0.2) is 0 Å². The number of hydrogen-bond acceptors (Lipinski definition) is 2. The Morgan fingerprint density at radius 2 is 2.00 bits per heavy atom. The van der Waals surface area contributed by atoms with Crippen molar-refractivity contribution in [3.8, 4) is 0 Å². The second-order valence-electron chi connectivity index (χ2n) is 6.09. The lowest BCUT2D eigenvalue weighted by Crippen LogP contribution is -2.33. The first-order valence-corrected chi connectivity index (χ1v) is 7.79. The normalized spacial score (nSPS) is 28.7. The van der Waals surface area contributed by atoms with E-state index in [0.29, 0.717) is 24.3 Å². The Morgan fingerprint density at radius 1 is 1.25 bits per heavy atom. The average molecular weight is 293 g/mol. The van der Waals surface area contributed by atoms with Gasteiger partial charge in [0.15, 0.2) is 0 Å². The Hall–Kier alpha value is -1.06. The molecule has 2 aliphatic rings. The van der Waals surface area contributed by atoms with Gasteiger partial charge in [-0.3, -0.25) is 4.79 Å². The zero-order valence-corrected chi connectivity index (χ0v) is 12.4. The molecule has 1 aliphatic heterocycles. The molecule has 2 N–H and O–H groups in total. The van der Waals surface area contributed by atoms with Crippen molar-refractivity contribution in [3.63, 3.8) is 0 Å².